The molecule has 2 rings (SSSR count). The summed E-state index contributed by atoms with van der Waals surface area (Å²) in [5.74, 6) is 1.21. The number of nitrogens with one attached hydrogen (secondary N) is 1. The summed E-state index contributed by atoms with van der Waals surface area (Å²) in [6, 6.07) is 7.47. The van der Waals surface area contributed by atoms with Crippen molar-refractivity contribution >= 4 is 11.8 Å². The Hall–Kier alpha value is -0.470. The highest BCUT2D eigenvalue weighted by molar-refractivity contribution is 7.98. The van der Waals surface area contributed by atoms with Crippen molar-refractivity contribution in [2.24, 2.45) is 0 Å². The van der Waals surface area contributed by atoms with Crippen molar-refractivity contribution in [3.8, 4) is 0 Å². The van der Waals surface area contributed by atoms with E-state index in [4.69, 9.17) is 0 Å². The van der Waals surface area contributed by atoms with E-state index in [2.05, 4.69) is 36.7 Å². The Bertz CT molecular complexity index is 335. The zero-order chi connectivity index (χ0) is 10.7. The average molecular weight is 221 g/mol. The van der Waals surface area contributed by atoms with Crippen LogP contribution < -0.4 is 5.32 Å². The molecule has 1 aliphatic rings. The molecule has 1 nitrogen and oxygen atoms in total. The maximum atomic E-state index is 3.65. The summed E-state index contributed by atoms with van der Waals surface area (Å²) in [4.78, 5) is 0. The van der Waals surface area contributed by atoms with Crippen LogP contribution in [0.4, 0.5) is 0 Å². The molecule has 0 saturated heterocycles. The van der Waals surface area contributed by atoms with Gasteiger partial charge in [0.15, 0.2) is 0 Å². The normalized spacial score (nSPS) is 19.2. The van der Waals surface area contributed by atoms with Gasteiger partial charge in [0.1, 0.15) is 0 Å². The Labute approximate surface area is 96.7 Å². The van der Waals surface area contributed by atoms with E-state index < -0.39 is 0 Å². The Balaban J connectivity index is 2.03. The van der Waals surface area contributed by atoms with E-state index in [0.29, 0.717) is 6.04 Å². The molecule has 15 heavy (non-hydrogen) atoms. The lowest BCUT2D eigenvalue weighted by molar-refractivity contribution is 0.551. The number of hydrogen-bond acceptors (Lipinski definition) is 2. The summed E-state index contributed by atoms with van der Waals surface area (Å²) in [5.41, 5.74) is 4.46. The molecule has 0 amide bonds. The summed E-state index contributed by atoms with van der Waals surface area (Å²) in [6.45, 7) is 3.30. The molecule has 1 atom stereocenters. The lowest BCUT2D eigenvalue weighted by Gasteiger charge is -2.13. The third kappa shape index (κ3) is 2.56. The summed E-state index contributed by atoms with van der Waals surface area (Å²) in [7, 11) is 0. The third-order valence-corrected chi connectivity index (χ3v) is 3.69. The zero-order valence-corrected chi connectivity index (χ0v) is 10.4. The Morgan fingerprint density at radius 1 is 1.47 bits per heavy atom. The minimum atomic E-state index is 0.604. The van der Waals surface area contributed by atoms with Gasteiger partial charge in [-0.2, -0.15) is 11.8 Å². The van der Waals surface area contributed by atoms with Gasteiger partial charge in [-0.3, -0.25) is 0 Å². The molecular formula is C13H19NS. The van der Waals surface area contributed by atoms with Crippen LogP contribution in [0.1, 0.15) is 29.2 Å². The maximum absolute atomic E-state index is 3.65. The number of aryl methyl sites for hydroxylation is 2. The van der Waals surface area contributed by atoms with Crippen molar-refractivity contribution < 1.29 is 0 Å². The van der Waals surface area contributed by atoms with E-state index in [1.165, 1.54) is 29.7 Å². The summed E-state index contributed by atoms with van der Waals surface area (Å²) < 4.78 is 0. The van der Waals surface area contributed by atoms with E-state index in [0.717, 1.165) is 6.54 Å². The quantitative estimate of drug-likeness (QED) is 0.785. The van der Waals surface area contributed by atoms with Crippen LogP contribution in [-0.2, 0) is 6.42 Å². The molecule has 0 aliphatic heterocycles. The van der Waals surface area contributed by atoms with E-state index >= 15 is 0 Å². The molecule has 1 aromatic carbocycles. The first-order chi connectivity index (χ1) is 7.31. The molecule has 0 radical (unpaired) electrons. The van der Waals surface area contributed by atoms with E-state index in [9.17, 15) is 0 Å². The second-order valence-corrected chi connectivity index (χ2v) is 5.23. The number of rotatable bonds is 4. The van der Waals surface area contributed by atoms with Crippen LogP contribution in [0.2, 0.25) is 0 Å². The molecule has 1 unspecified atom stereocenters. The fourth-order valence-electron chi connectivity index (χ4n) is 2.27. The first kappa shape index (κ1) is 11.0. The van der Waals surface area contributed by atoms with Gasteiger partial charge in [-0.05, 0) is 37.1 Å². The molecule has 0 heterocycles. The smallest absolute Gasteiger partial charge is 0.0326 e. The summed E-state index contributed by atoms with van der Waals surface area (Å²) in [5, 5.41) is 3.65. The lowest BCUT2D eigenvalue weighted by atomic mass is 10.1. The standard InChI is InChI=1S/C13H19NS/c1-10-3-4-11-5-6-13(12(11)9-10)14-7-8-15-2/h3-4,9,13-14H,5-8H2,1-2H3. The van der Waals surface area contributed by atoms with Crippen molar-refractivity contribution in [3.63, 3.8) is 0 Å². The van der Waals surface area contributed by atoms with Crippen LogP contribution >= 0.6 is 11.8 Å². The van der Waals surface area contributed by atoms with Crippen molar-refractivity contribution in [1.82, 2.24) is 5.32 Å². The number of fused-ring (bicyclic) bond motifs is 1. The van der Waals surface area contributed by atoms with Crippen LogP contribution in [0.25, 0.3) is 0 Å². The minimum absolute atomic E-state index is 0.604. The van der Waals surface area contributed by atoms with Crippen LogP contribution in [0.3, 0.4) is 0 Å². The first-order valence-corrected chi connectivity index (χ1v) is 7.02. The first-order valence-electron chi connectivity index (χ1n) is 5.63. The van der Waals surface area contributed by atoms with Gasteiger partial charge in [-0.1, -0.05) is 23.8 Å². The van der Waals surface area contributed by atoms with Gasteiger partial charge in [0, 0.05) is 18.3 Å². The summed E-state index contributed by atoms with van der Waals surface area (Å²) >= 11 is 1.91. The third-order valence-electron chi connectivity index (χ3n) is 3.08. The van der Waals surface area contributed by atoms with Crippen molar-refractivity contribution in [2.45, 2.75) is 25.8 Å². The van der Waals surface area contributed by atoms with Crippen LogP contribution in [0.5, 0.6) is 0 Å². The van der Waals surface area contributed by atoms with Crippen molar-refractivity contribution in [3.05, 3.63) is 34.9 Å². The lowest BCUT2D eigenvalue weighted by Crippen LogP contribution is -2.21. The molecule has 0 saturated carbocycles. The number of benzene rings is 1. The Morgan fingerprint density at radius 2 is 2.33 bits per heavy atom. The van der Waals surface area contributed by atoms with Gasteiger partial charge in [-0.15, -0.1) is 0 Å². The molecular weight excluding hydrogens is 202 g/mol. The second-order valence-electron chi connectivity index (χ2n) is 4.24. The van der Waals surface area contributed by atoms with Gasteiger partial charge in [-0.25, -0.2) is 0 Å². The second kappa shape index (κ2) is 5.04. The van der Waals surface area contributed by atoms with E-state index in [1.54, 1.807) is 5.56 Å². The Kier molecular flexibility index (Phi) is 3.71. The van der Waals surface area contributed by atoms with Gasteiger partial charge in [0.05, 0.1) is 0 Å². The zero-order valence-electron chi connectivity index (χ0n) is 9.55. The minimum Gasteiger partial charge on any atom is -0.309 e. The highest BCUT2D eigenvalue weighted by Gasteiger charge is 2.21. The van der Waals surface area contributed by atoms with Crippen LogP contribution in [-0.4, -0.2) is 18.6 Å². The highest BCUT2D eigenvalue weighted by atomic mass is 32.2. The molecule has 82 valence electrons. The van der Waals surface area contributed by atoms with Gasteiger partial charge in [0.2, 0.25) is 0 Å². The molecule has 2 heteroatoms. The molecule has 1 aromatic rings. The van der Waals surface area contributed by atoms with E-state index in [1.807, 2.05) is 11.8 Å². The maximum Gasteiger partial charge on any atom is 0.0326 e. The molecule has 1 aliphatic carbocycles. The molecule has 0 bridgehead atoms. The SMILES string of the molecule is CSCCNC1CCc2ccc(C)cc21. The molecule has 0 aromatic heterocycles. The largest absolute Gasteiger partial charge is 0.309 e. The predicted molar refractivity (Wildman–Crippen MR) is 68.6 cm³/mol. The van der Waals surface area contributed by atoms with Gasteiger partial charge in [0.25, 0.3) is 0 Å². The van der Waals surface area contributed by atoms with Crippen LogP contribution in [0.15, 0.2) is 18.2 Å². The van der Waals surface area contributed by atoms with E-state index in [-0.39, 0.29) is 0 Å². The predicted octanol–water partition coefficient (Wildman–Crippen LogP) is 2.93. The molecule has 0 spiro atoms. The fourth-order valence-corrected chi connectivity index (χ4v) is 2.59. The summed E-state index contributed by atoms with van der Waals surface area (Å²) in [6.07, 6.45) is 4.67. The van der Waals surface area contributed by atoms with Gasteiger partial charge < -0.3 is 5.32 Å². The molecule has 0 fully saturated rings. The van der Waals surface area contributed by atoms with Crippen LogP contribution in [0, 0.1) is 6.92 Å². The van der Waals surface area contributed by atoms with Gasteiger partial charge >= 0.3 is 0 Å². The highest BCUT2D eigenvalue weighted by Crippen LogP contribution is 2.31. The van der Waals surface area contributed by atoms with Crippen molar-refractivity contribution in [2.75, 3.05) is 18.6 Å². The average Bonchev–Trinajstić information content (AvgIpc) is 2.62. The van der Waals surface area contributed by atoms with Crippen molar-refractivity contribution in [1.29, 1.82) is 0 Å². The Morgan fingerprint density at radius 3 is 3.13 bits per heavy atom. The molecule has 1 N–H and O–H groups in total. The fraction of sp³-hybridized carbons (Fsp3) is 0.538. The number of thioether (sulfide) groups is 1. The number of hydrogen-bond donors (Lipinski definition) is 1. The topological polar surface area (TPSA) is 12.0 Å². The monoisotopic (exact) mass is 221 g/mol.